The topological polar surface area (TPSA) is 63.4 Å². The molecule has 0 radical (unpaired) electrons. The van der Waals surface area contributed by atoms with Gasteiger partial charge in [0.1, 0.15) is 10.7 Å². The Morgan fingerprint density at radius 3 is 2.43 bits per heavy atom. The van der Waals surface area contributed by atoms with Gasteiger partial charge in [0, 0.05) is 18.7 Å². The highest BCUT2D eigenvalue weighted by Crippen LogP contribution is 2.32. The fourth-order valence-corrected chi connectivity index (χ4v) is 3.50. The SMILES string of the molecule is Nc1ccc(F)cc1S(=O)(=O)N1CC=C(C(F)(F)F)CC1. The molecule has 21 heavy (non-hydrogen) atoms. The Bertz CT molecular complexity index is 683. The molecule has 0 fully saturated rings. The lowest BCUT2D eigenvalue weighted by Gasteiger charge is -2.27. The van der Waals surface area contributed by atoms with E-state index in [1.54, 1.807) is 0 Å². The molecule has 1 aromatic rings. The van der Waals surface area contributed by atoms with Crippen molar-refractivity contribution in [1.82, 2.24) is 4.31 Å². The van der Waals surface area contributed by atoms with Crippen molar-refractivity contribution in [2.45, 2.75) is 17.5 Å². The van der Waals surface area contributed by atoms with Crippen LogP contribution in [0.2, 0.25) is 0 Å². The summed E-state index contributed by atoms with van der Waals surface area (Å²) in [6.07, 6.45) is -4.10. The summed E-state index contributed by atoms with van der Waals surface area (Å²) in [5.41, 5.74) is 4.60. The van der Waals surface area contributed by atoms with Gasteiger partial charge in [-0.15, -0.1) is 0 Å². The van der Waals surface area contributed by atoms with Crippen LogP contribution in [0.5, 0.6) is 0 Å². The fraction of sp³-hybridized carbons (Fsp3) is 0.333. The van der Waals surface area contributed by atoms with Crippen molar-refractivity contribution < 1.29 is 26.0 Å². The molecule has 0 saturated heterocycles. The largest absolute Gasteiger partial charge is 0.412 e. The second kappa shape index (κ2) is 5.30. The molecule has 116 valence electrons. The van der Waals surface area contributed by atoms with Gasteiger partial charge in [-0.2, -0.15) is 17.5 Å². The minimum absolute atomic E-state index is 0.151. The van der Waals surface area contributed by atoms with Gasteiger partial charge in [-0.1, -0.05) is 6.08 Å². The standard InChI is InChI=1S/C12H12F4N2O2S/c13-9-1-2-10(17)11(7-9)21(19,20)18-5-3-8(4-6-18)12(14,15)16/h1-3,7H,4-6,17H2. The van der Waals surface area contributed by atoms with Crippen LogP contribution in [-0.2, 0) is 10.0 Å². The summed E-state index contributed by atoms with van der Waals surface area (Å²) in [4.78, 5) is -0.439. The number of nitrogens with zero attached hydrogens (tertiary/aromatic N) is 1. The van der Waals surface area contributed by atoms with E-state index in [-0.39, 0.29) is 12.2 Å². The van der Waals surface area contributed by atoms with Gasteiger partial charge in [0.15, 0.2) is 0 Å². The van der Waals surface area contributed by atoms with Gasteiger partial charge in [0.2, 0.25) is 10.0 Å². The molecule has 0 aromatic heterocycles. The van der Waals surface area contributed by atoms with Crippen LogP contribution in [0.1, 0.15) is 6.42 Å². The maximum absolute atomic E-state index is 13.2. The third-order valence-electron chi connectivity index (χ3n) is 3.13. The van der Waals surface area contributed by atoms with Gasteiger partial charge in [-0.3, -0.25) is 0 Å². The minimum Gasteiger partial charge on any atom is -0.398 e. The maximum Gasteiger partial charge on any atom is 0.412 e. The van der Waals surface area contributed by atoms with Crippen molar-refractivity contribution in [3.8, 4) is 0 Å². The van der Waals surface area contributed by atoms with Gasteiger partial charge in [-0.05, 0) is 24.6 Å². The summed E-state index contributed by atoms with van der Waals surface area (Å²) >= 11 is 0. The third kappa shape index (κ3) is 3.18. The zero-order chi connectivity index (χ0) is 15.8. The van der Waals surface area contributed by atoms with Crippen LogP contribution < -0.4 is 5.73 Å². The summed E-state index contributed by atoms with van der Waals surface area (Å²) in [5.74, 6) is -0.786. The van der Waals surface area contributed by atoms with Crippen LogP contribution in [0.25, 0.3) is 0 Å². The molecule has 1 aliphatic heterocycles. The third-order valence-corrected chi connectivity index (χ3v) is 5.05. The lowest BCUT2D eigenvalue weighted by Crippen LogP contribution is -2.37. The lowest BCUT2D eigenvalue weighted by atomic mass is 10.1. The number of alkyl halides is 3. The van der Waals surface area contributed by atoms with E-state index in [2.05, 4.69) is 0 Å². The highest BCUT2D eigenvalue weighted by atomic mass is 32.2. The second-order valence-electron chi connectivity index (χ2n) is 4.52. The van der Waals surface area contributed by atoms with Crippen molar-refractivity contribution >= 4 is 15.7 Å². The van der Waals surface area contributed by atoms with E-state index >= 15 is 0 Å². The molecule has 0 atom stereocenters. The number of sulfonamides is 1. The molecule has 4 nitrogen and oxygen atoms in total. The van der Waals surface area contributed by atoms with Crippen LogP contribution in [-0.4, -0.2) is 32.0 Å². The maximum atomic E-state index is 13.2. The first kappa shape index (κ1) is 15.8. The van der Waals surface area contributed by atoms with Crippen LogP contribution in [0.4, 0.5) is 23.2 Å². The first-order valence-electron chi connectivity index (χ1n) is 5.94. The predicted molar refractivity (Wildman–Crippen MR) is 68.3 cm³/mol. The average molecular weight is 324 g/mol. The normalized spacial score (nSPS) is 17.6. The molecule has 2 rings (SSSR count). The number of hydrogen-bond acceptors (Lipinski definition) is 3. The Morgan fingerprint density at radius 1 is 1.24 bits per heavy atom. The molecule has 1 aliphatic rings. The Morgan fingerprint density at radius 2 is 1.90 bits per heavy atom. The molecule has 0 amide bonds. The second-order valence-corrected chi connectivity index (χ2v) is 6.43. The van der Waals surface area contributed by atoms with Crippen molar-refractivity contribution in [1.29, 1.82) is 0 Å². The molecule has 0 aliphatic carbocycles. The van der Waals surface area contributed by atoms with Crippen LogP contribution in [0.15, 0.2) is 34.7 Å². The number of benzene rings is 1. The van der Waals surface area contributed by atoms with E-state index in [9.17, 15) is 26.0 Å². The molecule has 0 saturated carbocycles. The number of halogens is 4. The zero-order valence-corrected chi connectivity index (χ0v) is 11.5. The number of nitrogen functional groups attached to an aromatic ring is 1. The van der Waals surface area contributed by atoms with Gasteiger partial charge >= 0.3 is 6.18 Å². The molecule has 9 heteroatoms. The molecular weight excluding hydrogens is 312 g/mol. The first-order chi connectivity index (χ1) is 9.62. The van der Waals surface area contributed by atoms with Crippen LogP contribution >= 0.6 is 0 Å². The van der Waals surface area contributed by atoms with E-state index in [1.165, 1.54) is 0 Å². The Kier molecular flexibility index (Phi) is 3.98. The lowest BCUT2D eigenvalue weighted by molar-refractivity contribution is -0.0953. The summed E-state index contributed by atoms with van der Waals surface area (Å²) in [6.45, 7) is -0.753. The Balaban J connectivity index is 2.31. The van der Waals surface area contributed by atoms with Gasteiger partial charge in [0.05, 0.1) is 5.69 Å². The highest BCUT2D eigenvalue weighted by Gasteiger charge is 2.37. The molecule has 1 heterocycles. The molecule has 0 spiro atoms. The smallest absolute Gasteiger partial charge is 0.398 e. The van der Waals surface area contributed by atoms with Gasteiger partial charge in [0.25, 0.3) is 0 Å². The first-order valence-corrected chi connectivity index (χ1v) is 7.38. The average Bonchev–Trinajstić information content (AvgIpc) is 2.40. The number of hydrogen-bond donors (Lipinski definition) is 1. The van der Waals surface area contributed by atoms with E-state index in [0.29, 0.717) is 0 Å². The fourth-order valence-electron chi connectivity index (χ4n) is 2.00. The van der Waals surface area contributed by atoms with Crippen molar-refractivity contribution in [3.63, 3.8) is 0 Å². The molecule has 2 N–H and O–H groups in total. The van der Waals surface area contributed by atoms with E-state index in [4.69, 9.17) is 5.73 Å². The number of nitrogens with two attached hydrogens (primary N) is 1. The molecule has 1 aromatic carbocycles. The monoisotopic (exact) mass is 324 g/mol. The van der Waals surface area contributed by atoms with Crippen molar-refractivity contribution in [2.75, 3.05) is 18.8 Å². The number of anilines is 1. The van der Waals surface area contributed by atoms with Crippen molar-refractivity contribution in [2.24, 2.45) is 0 Å². The summed E-state index contributed by atoms with van der Waals surface area (Å²) < 4.78 is 76.1. The highest BCUT2D eigenvalue weighted by molar-refractivity contribution is 7.89. The number of rotatable bonds is 2. The minimum atomic E-state index is -4.46. The van der Waals surface area contributed by atoms with E-state index in [0.717, 1.165) is 28.6 Å². The van der Waals surface area contributed by atoms with Crippen LogP contribution in [0, 0.1) is 5.82 Å². The van der Waals surface area contributed by atoms with Gasteiger partial charge < -0.3 is 5.73 Å². The Hall–Kier alpha value is -1.61. The quantitative estimate of drug-likeness (QED) is 0.516. The molecule has 0 bridgehead atoms. The van der Waals surface area contributed by atoms with E-state index < -0.39 is 45.5 Å². The van der Waals surface area contributed by atoms with Gasteiger partial charge in [-0.25, -0.2) is 12.8 Å². The van der Waals surface area contributed by atoms with Crippen LogP contribution in [0.3, 0.4) is 0 Å². The van der Waals surface area contributed by atoms with E-state index in [1.807, 2.05) is 0 Å². The molecule has 0 unspecified atom stereocenters. The molecular formula is C12H12F4N2O2S. The summed E-state index contributed by atoms with van der Waals surface area (Å²) in [6, 6.07) is 2.86. The summed E-state index contributed by atoms with van der Waals surface area (Å²) in [7, 11) is -4.13. The van der Waals surface area contributed by atoms with Crippen molar-refractivity contribution in [3.05, 3.63) is 35.7 Å². The zero-order valence-electron chi connectivity index (χ0n) is 10.7. The predicted octanol–water partition coefficient (Wildman–Crippen LogP) is 2.29. The summed E-state index contributed by atoms with van der Waals surface area (Å²) in [5, 5.41) is 0. The Labute approximate surface area is 118 Å².